The van der Waals surface area contributed by atoms with Gasteiger partial charge >= 0.3 is 5.97 Å². The highest BCUT2D eigenvalue weighted by Gasteiger charge is 2.40. The van der Waals surface area contributed by atoms with E-state index < -0.39 is 0 Å². The van der Waals surface area contributed by atoms with Crippen LogP contribution in [0, 0.1) is 12.7 Å². The molecule has 36 heavy (non-hydrogen) atoms. The van der Waals surface area contributed by atoms with Gasteiger partial charge in [-0.15, -0.1) is 0 Å². The van der Waals surface area contributed by atoms with Crippen molar-refractivity contribution in [1.82, 2.24) is 19.9 Å². The van der Waals surface area contributed by atoms with Crippen LogP contribution >= 0.6 is 0 Å². The van der Waals surface area contributed by atoms with E-state index in [1.807, 2.05) is 25.1 Å². The highest BCUT2D eigenvalue weighted by atomic mass is 19.1. The molecule has 0 N–H and O–H groups in total. The highest BCUT2D eigenvalue weighted by Crippen LogP contribution is 2.45. The first-order valence-corrected chi connectivity index (χ1v) is 11.8. The Morgan fingerprint density at radius 3 is 2.69 bits per heavy atom. The Hall–Kier alpha value is -3.85. The third kappa shape index (κ3) is 4.42. The fourth-order valence-corrected chi connectivity index (χ4v) is 4.76. The maximum Gasteiger partial charge on any atom is 0.337 e. The van der Waals surface area contributed by atoms with Gasteiger partial charge in [0.05, 0.1) is 25.8 Å². The molecule has 4 aromatic rings. The number of hydrogen-bond donors (Lipinski definition) is 0. The molecule has 1 saturated carbocycles. The predicted molar refractivity (Wildman–Crippen MR) is 130 cm³/mol. The summed E-state index contributed by atoms with van der Waals surface area (Å²) in [6.45, 7) is 2.88. The van der Waals surface area contributed by atoms with Crippen molar-refractivity contribution in [3.8, 4) is 23.0 Å². The lowest BCUT2D eigenvalue weighted by Gasteiger charge is -2.42. The summed E-state index contributed by atoms with van der Waals surface area (Å²) in [5, 5.41) is 8.65. The van der Waals surface area contributed by atoms with Crippen LogP contribution in [0.5, 0.6) is 0 Å². The lowest BCUT2D eigenvalue weighted by Crippen LogP contribution is -2.39. The molecule has 2 aromatic heterocycles. The molecule has 2 heterocycles. The Morgan fingerprint density at radius 1 is 1.17 bits per heavy atom. The van der Waals surface area contributed by atoms with Crippen LogP contribution in [0.4, 0.5) is 4.39 Å². The summed E-state index contributed by atoms with van der Waals surface area (Å²) in [6.07, 6.45) is 2.90. The Kier molecular flexibility index (Phi) is 6.40. The van der Waals surface area contributed by atoms with Gasteiger partial charge < -0.3 is 14.0 Å². The molecule has 0 atom stereocenters. The van der Waals surface area contributed by atoms with Gasteiger partial charge in [0, 0.05) is 23.8 Å². The summed E-state index contributed by atoms with van der Waals surface area (Å²) in [6, 6.07) is 14.1. The monoisotopic (exact) mass is 490 g/mol. The molecular formula is C27H27FN4O4. The fraction of sp³-hybridized carbons (Fsp3) is 0.333. The second-order valence-corrected chi connectivity index (χ2v) is 9.21. The van der Waals surface area contributed by atoms with Crippen molar-refractivity contribution in [2.75, 3.05) is 20.8 Å². The van der Waals surface area contributed by atoms with Crippen LogP contribution in [0.25, 0.3) is 23.0 Å². The predicted octanol–water partition coefficient (Wildman–Crippen LogP) is 4.95. The lowest BCUT2D eigenvalue weighted by molar-refractivity contribution is 0.0600. The number of hydrogen-bond acceptors (Lipinski definition) is 7. The van der Waals surface area contributed by atoms with Crippen LogP contribution in [-0.4, -0.2) is 46.7 Å². The normalized spacial score (nSPS) is 14.4. The quantitative estimate of drug-likeness (QED) is 0.323. The Balaban J connectivity index is 1.36. The topological polar surface area (TPSA) is 92.3 Å². The van der Waals surface area contributed by atoms with Crippen molar-refractivity contribution >= 4 is 5.97 Å². The van der Waals surface area contributed by atoms with Crippen LogP contribution in [0.15, 0.2) is 53.1 Å². The standard InChI is InChI=1S/C27H27FN4O4/c1-17-12-23(30-32(17)15-18-6-4-7-20(13-18)26(33)35-3)25-29-24(31-36-25)19-8-9-21(22(28)14-19)27(16-34-2)10-5-11-27/h4,6-9,12-14H,5,10-11,15-16H2,1-3H3. The summed E-state index contributed by atoms with van der Waals surface area (Å²) in [5.74, 6) is -0.138. The smallest absolute Gasteiger partial charge is 0.337 e. The number of carbonyl (C=O) groups excluding carboxylic acids is 1. The van der Waals surface area contributed by atoms with E-state index in [-0.39, 0.29) is 23.1 Å². The maximum atomic E-state index is 15.1. The van der Waals surface area contributed by atoms with Gasteiger partial charge in [-0.1, -0.05) is 35.8 Å². The third-order valence-electron chi connectivity index (χ3n) is 6.84. The van der Waals surface area contributed by atoms with E-state index in [9.17, 15) is 4.79 Å². The number of carbonyl (C=O) groups is 1. The molecule has 1 fully saturated rings. The molecule has 186 valence electrons. The summed E-state index contributed by atoms with van der Waals surface area (Å²) >= 11 is 0. The van der Waals surface area contributed by atoms with Crippen LogP contribution in [-0.2, 0) is 21.4 Å². The number of rotatable bonds is 8. The van der Waals surface area contributed by atoms with Crippen molar-refractivity contribution in [3.05, 3.63) is 76.7 Å². The Labute approximate surface area is 208 Å². The molecule has 0 unspecified atom stereocenters. The second kappa shape index (κ2) is 9.66. The molecule has 2 aromatic carbocycles. The molecule has 5 rings (SSSR count). The first kappa shape index (κ1) is 23.9. The van der Waals surface area contributed by atoms with Crippen LogP contribution < -0.4 is 0 Å². The summed E-state index contributed by atoms with van der Waals surface area (Å²) in [5.41, 5.74) is 3.73. The number of nitrogens with zero attached hydrogens (tertiary/aromatic N) is 4. The van der Waals surface area contributed by atoms with Gasteiger partial charge in [0.25, 0.3) is 5.89 Å². The van der Waals surface area contributed by atoms with Crippen molar-refractivity contribution in [1.29, 1.82) is 0 Å². The zero-order valence-corrected chi connectivity index (χ0v) is 20.5. The number of esters is 1. The molecular weight excluding hydrogens is 463 g/mol. The molecule has 8 nitrogen and oxygen atoms in total. The minimum absolute atomic E-state index is 0.245. The van der Waals surface area contributed by atoms with E-state index in [0.717, 1.165) is 30.5 Å². The first-order chi connectivity index (χ1) is 17.4. The van der Waals surface area contributed by atoms with E-state index in [4.69, 9.17) is 14.0 Å². The van der Waals surface area contributed by atoms with Crippen LogP contribution in [0.3, 0.4) is 0 Å². The molecule has 0 aliphatic heterocycles. The number of benzene rings is 2. The van der Waals surface area contributed by atoms with Crippen molar-refractivity contribution in [2.45, 2.75) is 38.1 Å². The Morgan fingerprint density at radius 2 is 2.00 bits per heavy atom. The molecule has 0 amide bonds. The minimum Gasteiger partial charge on any atom is -0.465 e. The maximum absolute atomic E-state index is 15.1. The SMILES string of the molecule is COCC1(c2ccc(-c3noc(-c4cc(C)n(Cc5cccc(C(=O)OC)c5)n4)n3)cc2F)CCC1. The van der Waals surface area contributed by atoms with Crippen molar-refractivity contribution < 1.29 is 23.2 Å². The molecule has 9 heteroatoms. The lowest BCUT2D eigenvalue weighted by atomic mass is 9.65. The van der Waals surface area contributed by atoms with E-state index in [1.54, 1.807) is 36.1 Å². The Bertz CT molecular complexity index is 1410. The molecule has 1 aliphatic carbocycles. The van der Waals surface area contributed by atoms with Crippen LogP contribution in [0.1, 0.15) is 46.4 Å². The third-order valence-corrected chi connectivity index (χ3v) is 6.84. The van der Waals surface area contributed by atoms with E-state index in [0.29, 0.717) is 41.4 Å². The summed E-state index contributed by atoms with van der Waals surface area (Å²) < 4.78 is 32.5. The van der Waals surface area contributed by atoms with Gasteiger partial charge in [0.2, 0.25) is 5.82 Å². The average Bonchev–Trinajstić information content (AvgIpc) is 3.48. The number of methoxy groups -OCH3 is 2. The molecule has 0 spiro atoms. The zero-order chi connectivity index (χ0) is 25.3. The zero-order valence-electron chi connectivity index (χ0n) is 20.5. The van der Waals surface area contributed by atoms with Crippen molar-refractivity contribution in [2.24, 2.45) is 0 Å². The second-order valence-electron chi connectivity index (χ2n) is 9.21. The largest absolute Gasteiger partial charge is 0.465 e. The molecule has 1 aliphatic rings. The first-order valence-electron chi connectivity index (χ1n) is 11.8. The van der Waals surface area contributed by atoms with Gasteiger partial charge in [0.15, 0.2) is 5.69 Å². The molecule has 0 bridgehead atoms. The summed E-state index contributed by atoms with van der Waals surface area (Å²) in [7, 11) is 3.00. The van der Waals surface area contributed by atoms with Gasteiger partial charge in [0.1, 0.15) is 5.82 Å². The molecule has 0 radical (unpaired) electrons. The fourth-order valence-electron chi connectivity index (χ4n) is 4.76. The van der Waals surface area contributed by atoms with Gasteiger partial charge in [-0.2, -0.15) is 10.1 Å². The minimum atomic E-state index is -0.390. The van der Waals surface area contributed by atoms with Gasteiger partial charge in [-0.3, -0.25) is 4.68 Å². The number of aryl methyl sites for hydroxylation is 1. The van der Waals surface area contributed by atoms with Gasteiger partial charge in [-0.25, -0.2) is 9.18 Å². The number of aromatic nitrogens is 4. The van der Waals surface area contributed by atoms with E-state index >= 15 is 4.39 Å². The average molecular weight is 491 g/mol. The van der Waals surface area contributed by atoms with E-state index in [1.165, 1.54) is 13.2 Å². The van der Waals surface area contributed by atoms with E-state index in [2.05, 4.69) is 15.2 Å². The number of ether oxygens (including phenoxy) is 2. The van der Waals surface area contributed by atoms with Gasteiger partial charge in [-0.05, 0) is 55.2 Å². The van der Waals surface area contributed by atoms with Crippen molar-refractivity contribution in [3.63, 3.8) is 0 Å². The number of halogens is 1. The summed E-state index contributed by atoms with van der Waals surface area (Å²) in [4.78, 5) is 16.3. The van der Waals surface area contributed by atoms with Crippen LogP contribution in [0.2, 0.25) is 0 Å². The highest BCUT2D eigenvalue weighted by molar-refractivity contribution is 5.89. The molecule has 0 saturated heterocycles.